The molecule has 0 aliphatic heterocycles. The maximum atomic E-state index is 11.9. The van der Waals surface area contributed by atoms with Crippen LogP contribution in [0.15, 0.2) is 0 Å². The van der Waals surface area contributed by atoms with Gasteiger partial charge in [0.05, 0.1) is 0 Å². The molecule has 1 aliphatic carbocycles. The largest absolute Gasteiger partial charge is 0.356 e. The monoisotopic (exact) mass is 240 g/mol. The van der Waals surface area contributed by atoms with E-state index < -0.39 is 0 Å². The van der Waals surface area contributed by atoms with Crippen LogP contribution in [0.1, 0.15) is 52.4 Å². The van der Waals surface area contributed by atoms with E-state index in [1.54, 1.807) is 0 Å². The Bertz CT molecular complexity index is 222. The first-order valence-corrected chi connectivity index (χ1v) is 7.11. The second-order valence-corrected chi connectivity index (χ2v) is 5.73. The van der Waals surface area contributed by atoms with Crippen LogP contribution in [0.25, 0.3) is 0 Å². The summed E-state index contributed by atoms with van der Waals surface area (Å²) in [6.45, 7) is 6.00. The average Bonchev–Trinajstić information content (AvgIpc) is 2.34. The minimum Gasteiger partial charge on any atom is -0.356 e. The van der Waals surface area contributed by atoms with Gasteiger partial charge >= 0.3 is 0 Å². The Morgan fingerprint density at radius 2 is 2.00 bits per heavy atom. The minimum atomic E-state index is 0.275. The molecule has 1 amide bonds. The zero-order valence-electron chi connectivity index (χ0n) is 11.4. The quantitative estimate of drug-likeness (QED) is 0.700. The van der Waals surface area contributed by atoms with Crippen molar-refractivity contribution in [2.75, 3.05) is 13.1 Å². The molecule has 1 unspecified atom stereocenters. The van der Waals surface area contributed by atoms with Crippen molar-refractivity contribution in [3.63, 3.8) is 0 Å². The lowest BCUT2D eigenvalue weighted by Crippen LogP contribution is -2.33. The lowest BCUT2D eigenvalue weighted by Gasteiger charge is -2.25. The van der Waals surface area contributed by atoms with E-state index in [9.17, 15) is 4.79 Å². The molecule has 1 atom stereocenters. The molecule has 1 saturated carbocycles. The van der Waals surface area contributed by atoms with Crippen LogP contribution in [-0.2, 0) is 4.79 Å². The predicted molar refractivity (Wildman–Crippen MR) is 71.6 cm³/mol. The summed E-state index contributed by atoms with van der Waals surface area (Å²) in [6, 6.07) is 0. The van der Waals surface area contributed by atoms with Gasteiger partial charge in [0.2, 0.25) is 5.91 Å². The van der Waals surface area contributed by atoms with E-state index in [-0.39, 0.29) is 11.8 Å². The summed E-state index contributed by atoms with van der Waals surface area (Å²) >= 11 is 0. The summed E-state index contributed by atoms with van der Waals surface area (Å²) in [4.78, 5) is 11.9. The molecule has 100 valence electrons. The van der Waals surface area contributed by atoms with Crippen LogP contribution in [0, 0.1) is 17.8 Å². The smallest absolute Gasteiger partial charge is 0.223 e. The van der Waals surface area contributed by atoms with Gasteiger partial charge in [0.15, 0.2) is 0 Å². The number of nitrogens with one attached hydrogen (secondary N) is 1. The van der Waals surface area contributed by atoms with Crippen LogP contribution >= 0.6 is 0 Å². The van der Waals surface area contributed by atoms with Crippen molar-refractivity contribution in [3.05, 3.63) is 0 Å². The number of carbonyl (C=O) groups excluding carboxylic acids is 1. The molecule has 0 aromatic rings. The fourth-order valence-corrected chi connectivity index (χ4v) is 2.45. The molecule has 0 heterocycles. The molecule has 3 heteroatoms. The van der Waals surface area contributed by atoms with E-state index in [1.807, 2.05) is 0 Å². The van der Waals surface area contributed by atoms with Gasteiger partial charge in [-0.1, -0.05) is 13.8 Å². The highest BCUT2D eigenvalue weighted by atomic mass is 16.1. The lowest BCUT2D eigenvalue weighted by atomic mass is 9.82. The summed E-state index contributed by atoms with van der Waals surface area (Å²) in [5.74, 6) is 1.93. The fourth-order valence-electron chi connectivity index (χ4n) is 2.45. The number of rotatable bonds is 6. The van der Waals surface area contributed by atoms with Gasteiger partial charge in [0.25, 0.3) is 0 Å². The molecule has 3 nitrogen and oxygen atoms in total. The van der Waals surface area contributed by atoms with Gasteiger partial charge in [-0.3, -0.25) is 4.79 Å². The Balaban J connectivity index is 2.08. The van der Waals surface area contributed by atoms with Gasteiger partial charge in [-0.05, 0) is 56.9 Å². The molecular weight excluding hydrogens is 212 g/mol. The molecule has 0 saturated heterocycles. The van der Waals surface area contributed by atoms with E-state index >= 15 is 0 Å². The SMILES string of the molecule is CC(CN)CCCNC(=O)C1CCC(C)CC1. The fraction of sp³-hybridized carbons (Fsp3) is 0.929. The Kier molecular flexibility index (Phi) is 6.56. The van der Waals surface area contributed by atoms with Crippen molar-refractivity contribution in [2.45, 2.75) is 52.4 Å². The third kappa shape index (κ3) is 5.53. The third-order valence-electron chi connectivity index (χ3n) is 3.96. The summed E-state index contributed by atoms with van der Waals surface area (Å²) in [5.41, 5.74) is 5.56. The van der Waals surface area contributed by atoms with Gasteiger partial charge in [0, 0.05) is 12.5 Å². The first kappa shape index (κ1) is 14.5. The molecule has 0 radical (unpaired) electrons. The molecule has 0 bridgehead atoms. The number of amides is 1. The van der Waals surface area contributed by atoms with Crippen LogP contribution in [0.3, 0.4) is 0 Å². The average molecular weight is 240 g/mol. The highest BCUT2D eigenvalue weighted by Gasteiger charge is 2.23. The summed E-state index contributed by atoms with van der Waals surface area (Å²) in [7, 11) is 0. The maximum absolute atomic E-state index is 11.9. The molecule has 17 heavy (non-hydrogen) atoms. The van der Waals surface area contributed by atoms with Crippen molar-refractivity contribution >= 4 is 5.91 Å². The molecule has 3 N–H and O–H groups in total. The van der Waals surface area contributed by atoms with Gasteiger partial charge in [0.1, 0.15) is 0 Å². The van der Waals surface area contributed by atoms with Gasteiger partial charge in [-0.2, -0.15) is 0 Å². The standard InChI is InChI=1S/C14H28N2O/c1-11-5-7-13(8-6-11)14(17)16-9-3-4-12(2)10-15/h11-13H,3-10,15H2,1-2H3,(H,16,17). The molecule has 0 aromatic heterocycles. The van der Waals surface area contributed by atoms with Gasteiger partial charge in [-0.15, -0.1) is 0 Å². The summed E-state index contributed by atoms with van der Waals surface area (Å²) < 4.78 is 0. The van der Waals surface area contributed by atoms with Crippen LogP contribution in [0.2, 0.25) is 0 Å². The number of hydrogen-bond acceptors (Lipinski definition) is 2. The van der Waals surface area contributed by atoms with Crippen molar-refractivity contribution in [1.29, 1.82) is 0 Å². The first-order chi connectivity index (χ1) is 8.13. The number of hydrogen-bond donors (Lipinski definition) is 2. The Morgan fingerprint density at radius 3 is 2.59 bits per heavy atom. The first-order valence-electron chi connectivity index (χ1n) is 7.11. The zero-order chi connectivity index (χ0) is 12.7. The van der Waals surface area contributed by atoms with Gasteiger partial charge < -0.3 is 11.1 Å². The molecule has 1 rings (SSSR count). The predicted octanol–water partition coefficient (Wildman–Crippen LogP) is 2.30. The van der Waals surface area contributed by atoms with Crippen LogP contribution in [0.5, 0.6) is 0 Å². The van der Waals surface area contributed by atoms with E-state index in [0.717, 1.165) is 44.7 Å². The normalized spacial score (nSPS) is 26.5. The summed E-state index contributed by atoms with van der Waals surface area (Å²) in [6.07, 6.45) is 6.73. The molecule has 0 aromatic carbocycles. The number of carbonyl (C=O) groups is 1. The van der Waals surface area contributed by atoms with E-state index in [2.05, 4.69) is 19.2 Å². The second kappa shape index (κ2) is 7.70. The Labute approximate surface area is 106 Å². The molecule has 1 aliphatic rings. The maximum Gasteiger partial charge on any atom is 0.223 e. The van der Waals surface area contributed by atoms with Gasteiger partial charge in [-0.25, -0.2) is 0 Å². The van der Waals surface area contributed by atoms with Crippen molar-refractivity contribution in [1.82, 2.24) is 5.32 Å². The molecule has 1 fully saturated rings. The lowest BCUT2D eigenvalue weighted by molar-refractivity contribution is -0.126. The highest BCUT2D eigenvalue weighted by Crippen LogP contribution is 2.28. The Hall–Kier alpha value is -0.570. The molecular formula is C14H28N2O. The van der Waals surface area contributed by atoms with Crippen LogP contribution in [-0.4, -0.2) is 19.0 Å². The Morgan fingerprint density at radius 1 is 1.35 bits per heavy atom. The van der Waals surface area contributed by atoms with Crippen molar-refractivity contribution in [2.24, 2.45) is 23.5 Å². The second-order valence-electron chi connectivity index (χ2n) is 5.73. The zero-order valence-corrected chi connectivity index (χ0v) is 11.4. The summed E-state index contributed by atoms with van der Waals surface area (Å²) in [5, 5.41) is 3.07. The highest BCUT2D eigenvalue weighted by molar-refractivity contribution is 5.78. The van der Waals surface area contributed by atoms with E-state index in [4.69, 9.17) is 5.73 Å². The van der Waals surface area contributed by atoms with Crippen molar-refractivity contribution in [3.8, 4) is 0 Å². The minimum absolute atomic E-state index is 0.275. The van der Waals surface area contributed by atoms with E-state index in [0.29, 0.717) is 5.92 Å². The number of nitrogens with two attached hydrogens (primary N) is 1. The molecule has 0 spiro atoms. The van der Waals surface area contributed by atoms with E-state index in [1.165, 1.54) is 12.8 Å². The van der Waals surface area contributed by atoms with Crippen LogP contribution in [0.4, 0.5) is 0 Å². The van der Waals surface area contributed by atoms with Crippen molar-refractivity contribution < 1.29 is 4.79 Å². The topological polar surface area (TPSA) is 55.1 Å². The van der Waals surface area contributed by atoms with Crippen LogP contribution < -0.4 is 11.1 Å². The third-order valence-corrected chi connectivity index (χ3v) is 3.96.